The average Bonchev–Trinajstić information content (AvgIpc) is 2.59. The highest BCUT2D eigenvalue weighted by Gasteiger charge is 2.15. The molecule has 1 unspecified atom stereocenters. The van der Waals surface area contributed by atoms with Gasteiger partial charge >= 0.3 is 0 Å². The zero-order valence-electron chi connectivity index (χ0n) is 6.69. The van der Waals surface area contributed by atoms with Crippen molar-refractivity contribution in [1.82, 2.24) is 15.2 Å². The molecule has 0 radical (unpaired) electrons. The van der Waals surface area contributed by atoms with Crippen molar-refractivity contribution in [1.29, 1.82) is 0 Å². The highest BCUT2D eigenvalue weighted by molar-refractivity contribution is 7.99. The molecule has 4 nitrogen and oxygen atoms in total. The van der Waals surface area contributed by atoms with Crippen LogP contribution in [0.15, 0.2) is 11.5 Å². The van der Waals surface area contributed by atoms with Crippen LogP contribution >= 0.6 is 11.8 Å². The van der Waals surface area contributed by atoms with Gasteiger partial charge in [-0.15, -0.1) is 0 Å². The number of thioether (sulfide) groups is 1. The van der Waals surface area contributed by atoms with Crippen LogP contribution in [0.1, 0.15) is 12.8 Å². The molecule has 0 aliphatic carbocycles. The number of aromatic amines is 1. The van der Waals surface area contributed by atoms with Gasteiger partial charge in [-0.05, 0) is 12.8 Å². The van der Waals surface area contributed by atoms with Crippen molar-refractivity contribution in [3.63, 3.8) is 0 Å². The van der Waals surface area contributed by atoms with Crippen molar-refractivity contribution in [2.24, 2.45) is 0 Å². The lowest BCUT2D eigenvalue weighted by Crippen LogP contribution is -2.19. The van der Waals surface area contributed by atoms with E-state index in [1.54, 1.807) is 11.8 Å². The molecular weight excluding hydrogens is 174 g/mol. The van der Waals surface area contributed by atoms with Gasteiger partial charge in [-0.2, -0.15) is 5.10 Å². The highest BCUT2D eigenvalue weighted by atomic mass is 32.2. The molecule has 2 heterocycles. The summed E-state index contributed by atoms with van der Waals surface area (Å²) < 4.78 is 5.35. The quantitative estimate of drug-likeness (QED) is 0.749. The molecule has 1 N–H and O–H groups in total. The second-order valence-corrected chi connectivity index (χ2v) is 4.04. The number of aromatic nitrogens is 3. The summed E-state index contributed by atoms with van der Waals surface area (Å²) in [6.45, 7) is 1.75. The van der Waals surface area contributed by atoms with E-state index in [0.717, 1.165) is 24.8 Å². The summed E-state index contributed by atoms with van der Waals surface area (Å²) in [5, 5.41) is 8.06. The minimum absolute atomic E-state index is 0.548. The maximum absolute atomic E-state index is 5.35. The van der Waals surface area contributed by atoms with E-state index in [1.165, 1.54) is 12.7 Å². The number of nitrogens with one attached hydrogen (secondary N) is 1. The van der Waals surface area contributed by atoms with Crippen molar-refractivity contribution in [3.8, 4) is 0 Å². The Morgan fingerprint density at radius 1 is 1.67 bits per heavy atom. The van der Waals surface area contributed by atoms with Crippen molar-refractivity contribution < 1.29 is 4.74 Å². The number of hydrogen-bond acceptors (Lipinski definition) is 4. The Morgan fingerprint density at radius 2 is 2.67 bits per heavy atom. The minimum atomic E-state index is 0.548. The molecular formula is C7H11N3OS. The van der Waals surface area contributed by atoms with Gasteiger partial charge in [-0.25, -0.2) is 4.98 Å². The van der Waals surface area contributed by atoms with Gasteiger partial charge in [0.05, 0.1) is 6.61 Å². The lowest BCUT2D eigenvalue weighted by atomic mass is 10.2. The Kier molecular flexibility index (Phi) is 2.63. The Hall–Kier alpha value is -0.550. The smallest absolute Gasteiger partial charge is 0.183 e. The van der Waals surface area contributed by atoms with Gasteiger partial charge in [-0.1, -0.05) is 11.8 Å². The first-order valence-electron chi connectivity index (χ1n) is 4.05. The van der Waals surface area contributed by atoms with Crippen LogP contribution in [0.4, 0.5) is 0 Å². The molecule has 12 heavy (non-hydrogen) atoms. The van der Waals surface area contributed by atoms with Crippen molar-refractivity contribution in [3.05, 3.63) is 6.33 Å². The monoisotopic (exact) mass is 185 g/mol. The van der Waals surface area contributed by atoms with Crippen LogP contribution in [0.25, 0.3) is 0 Å². The Bertz CT molecular complexity index is 221. The Labute approximate surface area is 75.1 Å². The van der Waals surface area contributed by atoms with Crippen LogP contribution in [-0.4, -0.2) is 33.6 Å². The molecule has 1 atom stereocenters. The lowest BCUT2D eigenvalue weighted by molar-refractivity contribution is 0.101. The van der Waals surface area contributed by atoms with E-state index in [-0.39, 0.29) is 0 Å². The second kappa shape index (κ2) is 3.91. The fraction of sp³-hybridized carbons (Fsp3) is 0.714. The number of hydrogen-bond donors (Lipinski definition) is 1. The highest BCUT2D eigenvalue weighted by Crippen LogP contribution is 2.25. The van der Waals surface area contributed by atoms with Gasteiger partial charge in [0.1, 0.15) is 6.33 Å². The zero-order chi connectivity index (χ0) is 8.23. The van der Waals surface area contributed by atoms with Gasteiger partial charge in [0.2, 0.25) is 0 Å². The predicted molar refractivity (Wildman–Crippen MR) is 46.1 cm³/mol. The molecule has 2 rings (SSSR count). The van der Waals surface area contributed by atoms with E-state index in [2.05, 4.69) is 15.2 Å². The SMILES string of the molecule is c1n[nH]c(SC2CCCOC2)n1. The topological polar surface area (TPSA) is 50.8 Å². The van der Waals surface area contributed by atoms with E-state index in [1.807, 2.05) is 0 Å². The Balaban J connectivity index is 1.86. The maximum Gasteiger partial charge on any atom is 0.183 e. The van der Waals surface area contributed by atoms with E-state index in [0.29, 0.717) is 5.25 Å². The van der Waals surface area contributed by atoms with E-state index < -0.39 is 0 Å². The standard InChI is InChI=1S/C7H11N3OS/c1-2-6(4-11-3-1)12-7-8-5-9-10-7/h5-6H,1-4H2,(H,8,9,10). The van der Waals surface area contributed by atoms with Crippen LogP contribution in [0, 0.1) is 0 Å². The number of nitrogens with zero attached hydrogens (tertiary/aromatic N) is 2. The van der Waals surface area contributed by atoms with Crippen molar-refractivity contribution in [2.75, 3.05) is 13.2 Å². The van der Waals surface area contributed by atoms with E-state index >= 15 is 0 Å². The second-order valence-electron chi connectivity index (χ2n) is 2.75. The predicted octanol–water partition coefficient (Wildman–Crippen LogP) is 1.08. The summed E-state index contributed by atoms with van der Waals surface area (Å²) in [6.07, 6.45) is 3.91. The third kappa shape index (κ3) is 1.98. The lowest BCUT2D eigenvalue weighted by Gasteiger charge is -2.19. The van der Waals surface area contributed by atoms with Crippen LogP contribution in [0.5, 0.6) is 0 Å². The van der Waals surface area contributed by atoms with E-state index in [9.17, 15) is 0 Å². The van der Waals surface area contributed by atoms with Gasteiger partial charge in [0, 0.05) is 11.9 Å². The zero-order valence-corrected chi connectivity index (χ0v) is 7.51. The van der Waals surface area contributed by atoms with Gasteiger partial charge < -0.3 is 4.74 Å². The molecule has 1 aromatic rings. The average molecular weight is 185 g/mol. The molecule has 0 aromatic carbocycles. The molecule has 1 fully saturated rings. The van der Waals surface area contributed by atoms with Crippen LogP contribution < -0.4 is 0 Å². The summed E-state index contributed by atoms with van der Waals surface area (Å²) in [5.74, 6) is 0. The molecule has 5 heteroatoms. The Morgan fingerprint density at radius 3 is 3.33 bits per heavy atom. The summed E-state index contributed by atoms with van der Waals surface area (Å²) >= 11 is 1.72. The number of H-pyrrole nitrogens is 1. The molecule has 1 saturated heterocycles. The van der Waals surface area contributed by atoms with Crippen molar-refractivity contribution >= 4 is 11.8 Å². The first-order valence-corrected chi connectivity index (χ1v) is 4.93. The van der Waals surface area contributed by atoms with Crippen LogP contribution in [0.3, 0.4) is 0 Å². The minimum Gasteiger partial charge on any atom is -0.380 e. The van der Waals surface area contributed by atoms with Crippen LogP contribution in [-0.2, 0) is 4.74 Å². The van der Waals surface area contributed by atoms with Gasteiger partial charge in [0.15, 0.2) is 5.16 Å². The molecule has 0 spiro atoms. The first-order chi connectivity index (χ1) is 5.95. The molecule has 1 aliphatic heterocycles. The van der Waals surface area contributed by atoms with Gasteiger partial charge in [-0.3, -0.25) is 5.10 Å². The molecule has 0 bridgehead atoms. The third-order valence-corrected chi connectivity index (χ3v) is 2.91. The first kappa shape index (κ1) is 8.07. The van der Waals surface area contributed by atoms with Gasteiger partial charge in [0.25, 0.3) is 0 Å². The molecule has 66 valence electrons. The van der Waals surface area contributed by atoms with Crippen molar-refractivity contribution in [2.45, 2.75) is 23.2 Å². The molecule has 1 aliphatic rings. The summed E-state index contributed by atoms with van der Waals surface area (Å²) in [4.78, 5) is 4.05. The number of rotatable bonds is 2. The fourth-order valence-corrected chi connectivity index (χ4v) is 2.19. The summed E-state index contributed by atoms with van der Waals surface area (Å²) in [5.41, 5.74) is 0. The summed E-state index contributed by atoms with van der Waals surface area (Å²) in [7, 11) is 0. The third-order valence-electron chi connectivity index (χ3n) is 1.79. The molecule has 1 aromatic heterocycles. The fourth-order valence-electron chi connectivity index (χ4n) is 1.21. The normalized spacial score (nSPS) is 24.2. The maximum atomic E-state index is 5.35. The van der Waals surface area contributed by atoms with E-state index in [4.69, 9.17) is 4.74 Å². The summed E-state index contributed by atoms with van der Waals surface area (Å²) in [6, 6.07) is 0. The molecule has 0 saturated carbocycles. The van der Waals surface area contributed by atoms with Crippen LogP contribution in [0.2, 0.25) is 0 Å². The number of ether oxygens (including phenoxy) is 1. The molecule has 0 amide bonds. The largest absolute Gasteiger partial charge is 0.380 e.